The molecule has 1 aliphatic rings. The van der Waals surface area contributed by atoms with Gasteiger partial charge in [-0.05, 0) is 86.2 Å². The van der Waals surface area contributed by atoms with E-state index in [9.17, 15) is 14.4 Å². The van der Waals surface area contributed by atoms with Crippen molar-refractivity contribution in [2.75, 3.05) is 24.0 Å². The monoisotopic (exact) mass is 582 g/mol. The number of amides is 2. The van der Waals surface area contributed by atoms with Crippen LogP contribution in [-0.4, -0.2) is 37.7 Å². The lowest BCUT2D eigenvalue weighted by atomic mass is 9.88. The number of hydrogen-bond acceptors (Lipinski definition) is 5. The fraction of sp³-hybridized carbons (Fsp3) is 0.361. The Hall–Kier alpha value is -4.39. The standard InChI is InChI=1S/C36H42N2O5/c1-36(2,3)43-35(41)37(4)31-21-19-29(20-22-31)28-17-14-27(15-18-28)25-38(34(40)30-11-7-6-8-12-30)32-13-9-10-26(24-32)16-23-33(39)42-5/h9-10,13-24,30H,6-8,11-12,25H2,1-5H3/b23-16+. The van der Waals surface area contributed by atoms with E-state index in [2.05, 4.69) is 24.3 Å². The predicted molar refractivity (Wildman–Crippen MR) is 172 cm³/mol. The third kappa shape index (κ3) is 8.80. The summed E-state index contributed by atoms with van der Waals surface area (Å²) in [6.45, 7) is 5.98. The van der Waals surface area contributed by atoms with Crippen LogP contribution in [0.4, 0.5) is 16.2 Å². The van der Waals surface area contributed by atoms with Crippen LogP contribution in [-0.2, 0) is 25.6 Å². The van der Waals surface area contributed by atoms with Gasteiger partial charge in [0.15, 0.2) is 0 Å². The molecule has 4 rings (SSSR count). The Labute approximate surface area is 255 Å². The molecule has 0 spiro atoms. The molecular weight excluding hydrogens is 540 g/mol. The minimum Gasteiger partial charge on any atom is -0.466 e. The van der Waals surface area contributed by atoms with Crippen LogP contribution < -0.4 is 9.80 Å². The normalized spacial score (nSPS) is 13.9. The maximum absolute atomic E-state index is 13.8. The molecule has 0 aliphatic heterocycles. The molecule has 0 saturated heterocycles. The summed E-state index contributed by atoms with van der Waals surface area (Å²) in [5.74, 6) is -0.271. The maximum Gasteiger partial charge on any atom is 0.414 e. The van der Waals surface area contributed by atoms with Crippen molar-refractivity contribution < 1.29 is 23.9 Å². The molecule has 0 heterocycles. The summed E-state index contributed by atoms with van der Waals surface area (Å²) in [6, 6.07) is 23.7. The predicted octanol–water partition coefficient (Wildman–Crippen LogP) is 8.02. The number of methoxy groups -OCH3 is 1. The van der Waals surface area contributed by atoms with Crippen LogP contribution in [0.25, 0.3) is 17.2 Å². The lowest BCUT2D eigenvalue weighted by Gasteiger charge is -2.30. The summed E-state index contributed by atoms with van der Waals surface area (Å²) in [5, 5.41) is 0. The topological polar surface area (TPSA) is 76.2 Å². The Kier molecular flexibility index (Phi) is 10.4. The number of carbonyl (C=O) groups is 3. The molecule has 0 unspecified atom stereocenters. The van der Waals surface area contributed by atoms with Crippen LogP contribution in [0.3, 0.4) is 0 Å². The van der Waals surface area contributed by atoms with Crippen molar-refractivity contribution in [1.29, 1.82) is 0 Å². The molecule has 0 radical (unpaired) electrons. The van der Waals surface area contributed by atoms with E-state index in [-0.39, 0.29) is 11.8 Å². The Morgan fingerprint density at radius 2 is 1.49 bits per heavy atom. The van der Waals surface area contributed by atoms with Crippen molar-refractivity contribution in [1.82, 2.24) is 0 Å². The van der Waals surface area contributed by atoms with Crippen molar-refractivity contribution in [3.05, 3.63) is 90.0 Å². The van der Waals surface area contributed by atoms with E-state index in [4.69, 9.17) is 9.47 Å². The van der Waals surface area contributed by atoms with Crippen molar-refractivity contribution in [3.63, 3.8) is 0 Å². The molecule has 0 bridgehead atoms. The van der Waals surface area contributed by atoms with Gasteiger partial charge in [0.1, 0.15) is 5.60 Å². The number of rotatable bonds is 8. The van der Waals surface area contributed by atoms with Gasteiger partial charge in [0, 0.05) is 30.4 Å². The van der Waals surface area contributed by atoms with Crippen molar-refractivity contribution in [2.45, 2.75) is 65.0 Å². The summed E-state index contributed by atoms with van der Waals surface area (Å²) >= 11 is 0. The quantitative estimate of drug-likeness (QED) is 0.199. The van der Waals surface area contributed by atoms with Gasteiger partial charge in [-0.15, -0.1) is 0 Å². The second-order valence-corrected chi connectivity index (χ2v) is 12.0. The summed E-state index contributed by atoms with van der Waals surface area (Å²) < 4.78 is 10.2. The highest BCUT2D eigenvalue weighted by Crippen LogP contribution is 2.30. The molecule has 1 aliphatic carbocycles. The van der Waals surface area contributed by atoms with Gasteiger partial charge in [-0.25, -0.2) is 9.59 Å². The average molecular weight is 583 g/mol. The van der Waals surface area contributed by atoms with Gasteiger partial charge >= 0.3 is 12.1 Å². The van der Waals surface area contributed by atoms with Crippen LogP contribution in [0.15, 0.2) is 78.9 Å². The van der Waals surface area contributed by atoms with E-state index in [1.807, 2.05) is 74.2 Å². The minimum atomic E-state index is -0.562. The summed E-state index contributed by atoms with van der Waals surface area (Å²) in [6.07, 6.45) is 7.83. The number of nitrogens with zero attached hydrogens (tertiary/aromatic N) is 2. The Morgan fingerprint density at radius 3 is 2.09 bits per heavy atom. The third-order valence-corrected chi connectivity index (χ3v) is 7.57. The smallest absolute Gasteiger partial charge is 0.414 e. The molecule has 2 amide bonds. The van der Waals surface area contributed by atoms with E-state index >= 15 is 0 Å². The van der Waals surface area contributed by atoms with Crippen molar-refractivity contribution in [3.8, 4) is 11.1 Å². The molecule has 7 heteroatoms. The van der Waals surface area contributed by atoms with Gasteiger partial charge in [-0.3, -0.25) is 9.69 Å². The van der Waals surface area contributed by atoms with Crippen molar-refractivity contribution >= 4 is 35.4 Å². The highest BCUT2D eigenvalue weighted by Gasteiger charge is 2.27. The summed E-state index contributed by atoms with van der Waals surface area (Å²) in [7, 11) is 3.04. The Balaban J connectivity index is 1.53. The number of carbonyl (C=O) groups excluding carboxylic acids is 3. The second kappa shape index (κ2) is 14.2. The number of benzene rings is 3. The second-order valence-electron chi connectivity index (χ2n) is 12.0. The lowest BCUT2D eigenvalue weighted by Crippen LogP contribution is -2.36. The number of esters is 1. The molecule has 0 aromatic heterocycles. The summed E-state index contributed by atoms with van der Waals surface area (Å²) in [5.41, 5.74) is 4.88. The Morgan fingerprint density at radius 1 is 0.860 bits per heavy atom. The molecule has 1 saturated carbocycles. The molecule has 43 heavy (non-hydrogen) atoms. The van der Waals surface area contributed by atoms with Crippen LogP contribution in [0.2, 0.25) is 0 Å². The molecule has 3 aromatic rings. The van der Waals surface area contributed by atoms with Crippen LogP contribution in [0.5, 0.6) is 0 Å². The highest BCUT2D eigenvalue weighted by atomic mass is 16.6. The van der Waals surface area contributed by atoms with Gasteiger partial charge in [0.05, 0.1) is 13.7 Å². The average Bonchev–Trinajstić information content (AvgIpc) is 3.02. The molecule has 0 N–H and O–H groups in total. The first kappa shape index (κ1) is 31.5. The molecule has 7 nitrogen and oxygen atoms in total. The van der Waals surface area contributed by atoms with E-state index in [1.165, 1.54) is 24.5 Å². The SMILES string of the molecule is COC(=O)/C=C/c1cccc(N(Cc2ccc(-c3ccc(N(C)C(=O)OC(C)(C)C)cc3)cc2)C(=O)C2CCCCC2)c1. The first-order chi connectivity index (χ1) is 20.5. The number of hydrogen-bond donors (Lipinski definition) is 0. The zero-order valence-electron chi connectivity index (χ0n) is 25.8. The molecule has 0 atom stereocenters. The fourth-order valence-electron chi connectivity index (χ4n) is 5.19. The maximum atomic E-state index is 13.8. The van der Waals surface area contributed by atoms with E-state index < -0.39 is 17.7 Å². The molecule has 1 fully saturated rings. The van der Waals surface area contributed by atoms with E-state index in [1.54, 1.807) is 13.1 Å². The zero-order valence-corrected chi connectivity index (χ0v) is 25.8. The van der Waals surface area contributed by atoms with Gasteiger partial charge in [-0.2, -0.15) is 0 Å². The zero-order chi connectivity index (χ0) is 31.0. The van der Waals surface area contributed by atoms with Gasteiger partial charge < -0.3 is 14.4 Å². The Bertz CT molecular complexity index is 1430. The number of anilines is 2. The lowest BCUT2D eigenvalue weighted by molar-refractivity contribution is -0.134. The van der Waals surface area contributed by atoms with Crippen LogP contribution in [0.1, 0.15) is 64.0 Å². The molecular formula is C36H42N2O5. The van der Waals surface area contributed by atoms with Crippen LogP contribution in [0, 0.1) is 5.92 Å². The van der Waals surface area contributed by atoms with Gasteiger partial charge in [-0.1, -0.05) is 67.8 Å². The largest absolute Gasteiger partial charge is 0.466 e. The van der Waals surface area contributed by atoms with E-state index in [0.29, 0.717) is 6.54 Å². The molecule has 3 aromatic carbocycles. The van der Waals surface area contributed by atoms with Gasteiger partial charge in [0.25, 0.3) is 0 Å². The van der Waals surface area contributed by atoms with Gasteiger partial charge in [0.2, 0.25) is 5.91 Å². The minimum absolute atomic E-state index is 0.0135. The van der Waals surface area contributed by atoms with Crippen molar-refractivity contribution in [2.24, 2.45) is 5.92 Å². The van der Waals surface area contributed by atoms with Crippen LogP contribution >= 0.6 is 0 Å². The van der Waals surface area contributed by atoms with E-state index in [0.717, 1.165) is 59.3 Å². The fourth-order valence-corrected chi connectivity index (χ4v) is 5.19. The summed E-state index contributed by atoms with van der Waals surface area (Å²) in [4.78, 5) is 41.2. The highest BCUT2D eigenvalue weighted by molar-refractivity contribution is 5.95. The number of ether oxygens (including phenoxy) is 2. The molecule has 226 valence electrons. The first-order valence-corrected chi connectivity index (χ1v) is 14.9. The third-order valence-electron chi connectivity index (χ3n) is 7.57. The first-order valence-electron chi connectivity index (χ1n) is 14.9.